The number of carbonyl (C=O) groups excluding carboxylic acids is 1. The molecule has 0 fully saturated rings. The van der Waals surface area contributed by atoms with E-state index in [1.807, 2.05) is 13.0 Å². The van der Waals surface area contributed by atoms with Crippen LogP contribution in [0.3, 0.4) is 0 Å². The molecule has 0 saturated carbocycles. The molecule has 1 aliphatic rings. The van der Waals surface area contributed by atoms with Gasteiger partial charge in [-0.3, -0.25) is 14.5 Å². The monoisotopic (exact) mass is 457 g/mol. The highest BCUT2D eigenvalue weighted by Gasteiger charge is 2.45. The molecule has 0 unspecified atom stereocenters. The van der Waals surface area contributed by atoms with E-state index >= 15 is 0 Å². The number of aromatic nitrogens is 2. The quantitative estimate of drug-likeness (QED) is 0.419. The van der Waals surface area contributed by atoms with Gasteiger partial charge in [-0.25, -0.2) is 0 Å². The molecule has 6 nitrogen and oxygen atoms in total. The Kier molecular flexibility index (Phi) is 4.61. The lowest BCUT2D eigenvalue weighted by Gasteiger charge is -2.22. The van der Waals surface area contributed by atoms with Crippen LogP contribution in [0.1, 0.15) is 39.7 Å². The van der Waals surface area contributed by atoms with Crippen LogP contribution in [0, 0.1) is 0 Å². The van der Waals surface area contributed by atoms with E-state index in [4.69, 9.17) is 27.6 Å². The second kappa shape index (κ2) is 7.19. The van der Waals surface area contributed by atoms with Crippen molar-refractivity contribution in [2.24, 2.45) is 0 Å². The maximum atomic E-state index is 13.5. The Balaban J connectivity index is 1.82. The van der Waals surface area contributed by atoms with Crippen molar-refractivity contribution in [1.29, 1.82) is 0 Å². The maximum absolute atomic E-state index is 13.5. The fourth-order valence-corrected chi connectivity index (χ4v) is 4.80. The lowest BCUT2D eigenvalue weighted by molar-refractivity contribution is 0.0970. The minimum absolute atomic E-state index is 0.00644. The number of aryl methyl sites for hydroxylation is 1. The van der Waals surface area contributed by atoms with Crippen LogP contribution >= 0.6 is 34.5 Å². The standard InChI is InChI=1S/C21H13Cl2N3O3S/c1-2-15-24-25-21(30-15)26-17(10-4-3-5-11(22)8-10)16-18(27)13-9-12(23)6-7-14(13)29-19(16)20(26)28/h3-9,17H,2H2,1H3/t17-/m0/s1. The Morgan fingerprint density at radius 2 is 1.90 bits per heavy atom. The van der Waals surface area contributed by atoms with Gasteiger partial charge in [-0.2, -0.15) is 0 Å². The Bertz CT molecular complexity index is 1380. The summed E-state index contributed by atoms with van der Waals surface area (Å²) in [7, 11) is 0. The molecule has 0 saturated heterocycles. The average Bonchev–Trinajstić information content (AvgIpc) is 3.31. The SMILES string of the molecule is CCc1nnc(N2C(=O)c3oc4ccc(Cl)cc4c(=O)c3[C@@H]2c2cccc(Cl)c2)s1. The smallest absolute Gasteiger partial charge is 0.297 e. The molecule has 0 bridgehead atoms. The molecule has 4 aromatic rings. The van der Waals surface area contributed by atoms with E-state index in [1.54, 1.807) is 36.4 Å². The number of hydrogen-bond donors (Lipinski definition) is 0. The maximum Gasteiger partial charge on any atom is 0.297 e. The zero-order chi connectivity index (χ0) is 21.0. The number of anilines is 1. The van der Waals surface area contributed by atoms with E-state index < -0.39 is 11.9 Å². The van der Waals surface area contributed by atoms with Crippen LogP contribution in [-0.2, 0) is 6.42 Å². The van der Waals surface area contributed by atoms with E-state index in [0.29, 0.717) is 38.1 Å². The summed E-state index contributed by atoms with van der Waals surface area (Å²) >= 11 is 13.6. The van der Waals surface area contributed by atoms with Crippen LogP contribution < -0.4 is 10.3 Å². The molecule has 0 N–H and O–H groups in total. The number of carbonyl (C=O) groups is 1. The third-order valence-electron chi connectivity index (χ3n) is 4.96. The predicted molar refractivity (Wildman–Crippen MR) is 117 cm³/mol. The number of nitrogens with zero attached hydrogens (tertiary/aromatic N) is 3. The van der Waals surface area contributed by atoms with E-state index in [9.17, 15) is 9.59 Å². The Morgan fingerprint density at radius 3 is 2.63 bits per heavy atom. The number of benzene rings is 2. The lowest BCUT2D eigenvalue weighted by Crippen LogP contribution is -2.29. The van der Waals surface area contributed by atoms with Gasteiger partial charge in [0.1, 0.15) is 10.6 Å². The van der Waals surface area contributed by atoms with Crippen LogP contribution in [0.2, 0.25) is 10.0 Å². The molecule has 1 aliphatic heterocycles. The van der Waals surface area contributed by atoms with Gasteiger partial charge < -0.3 is 4.42 Å². The van der Waals surface area contributed by atoms with Crippen LogP contribution in [0.25, 0.3) is 11.0 Å². The van der Waals surface area contributed by atoms with Crippen molar-refractivity contribution in [2.45, 2.75) is 19.4 Å². The van der Waals surface area contributed by atoms with Crippen LogP contribution in [0.4, 0.5) is 5.13 Å². The largest absolute Gasteiger partial charge is 0.450 e. The van der Waals surface area contributed by atoms with Crippen molar-refractivity contribution in [1.82, 2.24) is 10.2 Å². The minimum Gasteiger partial charge on any atom is -0.450 e. The van der Waals surface area contributed by atoms with Gasteiger partial charge in [0, 0.05) is 10.0 Å². The summed E-state index contributed by atoms with van der Waals surface area (Å²) in [5, 5.41) is 10.7. The Hall–Kier alpha value is -2.74. The molecule has 150 valence electrons. The summed E-state index contributed by atoms with van der Waals surface area (Å²) in [4.78, 5) is 28.3. The van der Waals surface area contributed by atoms with Crippen molar-refractivity contribution in [3.63, 3.8) is 0 Å². The first-order valence-corrected chi connectivity index (χ1v) is 10.7. The Morgan fingerprint density at radius 1 is 1.10 bits per heavy atom. The first-order valence-electron chi connectivity index (χ1n) is 9.15. The van der Waals surface area contributed by atoms with E-state index in [0.717, 1.165) is 5.01 Å². The summed E-state index contributed by atoms with van der Waals surface area (Å²) < 4.78 is 5.89. The van der Waals surface area contributed by atoms with Gasteiger partial charge in [-0.05, 0) is 42.3 Å². The number of rotatable bonds is 3. The molecule has 5 rings (SSSR count). The predicted octanol–water partition coefficient (Wildman–Crippen LogP) is 5.26. The van der Waals surface area contributed by atoms with Gasteiger partial charge in [-0.15, -0.1) is 10.2 Å². The highest BCUT2D eigenvalue weighted by atomic mass is 35.5. The van der Waals surface area contributed by atoms with E-state index in [1.165, 1.54) is 16.2 Å². The highest BCUT2D eigenvalue weighted by molar-refractivity contribution is 7.15. The third kappa shape index (κ3) is 2.93. The number of hydrogen-bond acceptors (Lipinski definition) is 6. The van der Waals surface area contributed by atoms with Gasteiger partial charge in [0.25, 0.3) is 5.91 Å². The highest BCUT2D eigenvalue weighted by Crippen LogP contribution is 2.42. The van der Waals surface area contributed by atoms with Gasteiger partial charge in [0.15, 0.2) is 5.43 Å². The summed E-state index contributed by atoms with van der Waals surface area (Å²) in [6.07, 6.45) is 0.689. The summed E-state index contributed by atoms with van der Waals surface area (Å²) in [5.41, 5.74) is 0.909. The van der Waals surface area contributed by atoms with Crippen molar-refractivity contribution in [3.05, 3.63) is 84.6 Å². The summed E-state index contributed by atoms with van der Waals surface area (Å²) in [6, 6.07) is 11.1. The zero-order valence-corrected chi connectivity index (χ0v) is 17.9. The molecule has 1 atom stereocenters. The van der Waals surface area contributed by atoms with E-state index in [2.05, 4.69) is 10.2 Å². The van der Waals surface area contributed by atoms with Crippen LogP contribution in [-0.4, -0.2) is 16.1 Å². The number of fused-ring (bicyclic) bond motifs is 2. The van der Waals surface area contributed by atoms with Crippen molar-refractivity contribution in [3.8, 4) is 0 Å². The second-order valence-corrected chi connectivity index (χ2v) is 8.69. The lowest BCUT2D eigenvalue weighted by atomic mass is 9.99. The van der Waals surface area contributed by atoms with Crippen LogP contribution in [0.15, 0.2) is 51.7 Å². The van der Waals surface area contributed by atoms with Crippen molar-refractivity contribution in [2.75, 3.05) is 4.90 Å². The van der Waals surface area contributed by atoms with Crippen molar-refractivity contribution >= 4 is 56.5 Å². The number of amides is 1. The fraction of sp³-hybridized carbons (Fsp3) is 0.143. The topological polar surface area (TPSA) is 76.3 Å². The zero-order valence-electron chi connectivity index (χ0n) is 15.6. The molecule has 3 heterocycles. The minimum atomic E-state index is -0.733. The van der Waals surface area contributed by atoms with Crippen LogP contribution in [0.5, 0.6) is 0 Å². The average molecular weight is 458 g/mol. The number of halogens is 2. The first kappa shape index (κ1) is 19.2. The second-order valence-electron chi connectivity index (χ2n) is 6.78. The molecule has 0 spiro atoms. The third-order valence-corrected chi connectivity index (χ3v) is 6.50. The summed E-state index contributed by atoms with van der Waals surface area (Å²) in [5.74, 6) is -0.448. The molecule has 9 heteroatoms. The molecule has 2 aromatic carbocycles. The Labute approximate surface area is 184 Å². The van der Waals surface area contributed by atoms with Gasteiger partial charge in [-0.1, -0.05) is 53.6 Å². The van der Waals surface area contributed by atoms with E-state index in [-0.39, 0.29) is 16.8 Å². The molecule has 0 radical (unpaired) electrons. The van der Waals surface area contributed by atoms with Gasteiger partial charge in [0.2, 0.25) is 10.9 Å². The molecule has 1 amide bonds. The van der Waals surface area contributed by atoms with Crippen molar-refractivity contribution < 1.29 is 9.21 Å². The molecule has 30 heavy (non-hydrogen) atoms. The molecular formula is C21H13Cl2N3O3S. The first-order chi connectivity index (χ1) is 14.5. The van der Waals surface area contributed by atoms with Gasteiger partial charge in [0.05, 0.1) is 17.0 Å². The fourth-order valence-electron chi connectivity index (χ4n) is 3.62. The van der Waals surface area contributed by atoms with Gasteiger partial charge >= 0.3 is 0 Å². The molecular weight excluding hydrogens is 445 g/mol. The normalized spacial score (nSPS) is 15.8. The summed E-state index contributed by atoms with van der Waals surface area (Å²) in [6.45, 7) is 1.96. The molecule has 0 aliphatic carbocycles. The molecule has 2 aromatic heterocycles.